The molecule has 5 heteroatoms. The minimum atomic E-state index is -0.890. The van der Waals surface area contributed by atoms with Gasteiger partial charge in [-0.05, 0) is 11.8 Å². The van der Waals surface area contributed by atoms with Crippen LogP contribution in [-0.4, -0.2) is 41.6 Å². The van der Waals surface area contributed by atoms with Crippen LogP contribution in [0, 0.1) is 11.8 Å². The number of amides is 2. The van der Waals surface area contributed by atoms with Crippen LogP contribution >= 0.6 is 0 Å². The van der Waals surface area contributed by atoms with Gasteiger partial charge in [0.2, 0.25) is 0 Å². The van der Waals surface area contributed by atoms with Gasteiger partial charge in [-0.15, -0.1) is 0 Å². The maximum atomic E-state index is 11.5. The van der Waals surface area contributed by atoms with Crippen molar-refractivity contribution >= 4 is 12.0 Å². The lowest BCUT2D eigenvalue weighted by Crippen LogP contribution is -2.39. The number of carboxylic acids is 1. The van der Waals surface area contributed by atoms with E-state index in [1.54, 1.807) is 4.90 Å². The van der Waals surface area contributed by atoms with Crippen molar-refractivity contribution in [2.45, 2.75) is 20.3 Å². The number of nitrogens with zero attached hydrogens (tertiary/aromatic N) is 1. The number of hydrogen-bond donors (Lipinski definition) is 2. The van der Waals surface area contributed by atoms with Crippen LogP contribution < -0.4 is 5.32 Å². The fourth-order valence-corrected chi connectivity index (χ4v) is 1.68. The number of aliphatic carboxylic acids is 1. The summed E-state index contributed by atoms with van der Waals surface area (Å²) in [7, 11) is 0. The van der Waals surface area contributed by atoms with E-state index in [0.717, 1.165) is 13.1 Å². The monoisotopic (exact) mass is 214 g/mol. The fraction of sp³-hybridized carbons (Fsp3) is 0.800. The molecule has 1 heterocycles. The van der Waals surface area contributed by atoms with Gasteiger partial charge in [-0.1, -0.05) is 13.8 Å². The highest BCUT2D eigenvalue weighted by molar-refractivity contribution is 5.75. The van der Waals surface area contributed by atoms with Crippen molar-refractivity contribution in [3.8, 4) is 0 Å². The minimum Gasteiger partial charge on any atom is -0.481 e. The van der Waals surface area contributed by atoms with Gasteiger partial charge in [0.25, 0.3) is 0 Å². The van der Waals surface area contributed by atoms with Crippen molar-refractivity contribution in [1.29, 1.82) is 0 Å². The third kappa shape index (κ3) is 3.42. The predicted molar refractivity (Wildman–Crippen MR) is 55.6 cm³/mol. The molecule has 0 aromatic carbocycles. The van der Waals surface area contributed by atoms with Crippen LogP contribution in [0.25, 0.3) is 0 Å². The Morgan fingerprint density at radius 1 is 1.33 bits per heavy atom. The molecule has 0 radical (unpaired) electrons. The summed E-state index contributed by atoms with van der Waals surface area (Å²) in [6, 6.07) is -0.146. The van der Waals surface area contributed by atoms with Crippen molar-refractivity contribution in [3.63, 3.8) is 0 Å². The van der Waals surface area contributed by atoms with E-state index in [2.05, 4.69) is 19.2 Å². The van der Waals surface area contributed by atoms with E-state index in [9.17, 15) is 9.59 Å². The second kappa shape index (κ2) is 5.00. The van der Waals surface area contributed by atoms with Gasteiger partial charge in [0.15, 0.2) is 0 Å². The molecule has 2 unspecified atom stereocenters. The molecule has 1 saturated heterocycles. The van der Waals surface area contributed by atoms with Crippen LogP contribution in [0.5, 0.6) is 0 Å². The molecule has 2 amide bonds. The summed E-state index contributed by atoms with van der Waals surface area (Å²) in [5, 5.41) is 11.0. The van der Waals surface area contributed by atoms with Gasteiger partial charge < -0.3 is 15.3 Å². The van der Waals surface area contributed by atoms with Crippen molar-refractivity contribution in [2.24, 2.45) is 11.8 Å². The molecule has 0 saturated carbocycles. The van der Waals surface area contributed by atoms with Gasteiger partial charge >= 0.3 is 12.0 Å². The van der Waals surface area contributed by atoms with Crippen molar-refractivity contribution in [1.82, 2.24) is 10.2 Å². The highest BCUT2D eigenvalue weighted by atomic mass is 16.4. The molecule has 1 aliphatic rings. The lowest BCUT2D eigenvalue weighted by molar-refractivity contribution is -0.136. The summed E-state index contributed by atoms with van der Waals surface area (Å²) in [6.07, 6.45) is -0.0231. The van der Waals surface area contributed by atoms with E-state index >= 15 is 0 Å². The molecule has 2 N–H and O–H groups in total. The Labute approximate surface area is 89.4 Å². The fourth-order valence-electron chi connectivity index (χ4n) is 1.68. The smallest absolute Gasteiger partial charge is 0.317 e. The second-order valence-corrected chi connectivity index (χ2v) is 4.24. The molecule has 0 aromatic rings. The van der Waals surface area contributed by atoms with Crippen LogP contribution in [0.1, 0.15) is 20.3 Å². The van der Waals surface area contributed by atoms with Crippen LogP contribution in [-0.2, 0) is 4.79 Å². The first-order chi connectivity index (χ1) is 7.00. The number of rotatable bonds is 3. The topological polar surface area (TPSA) is 69.6 Å². The minimum absolute atomic E-state index is 0.0231. The molecular formula is C10H18N2O3. The molecule has 1 rings (SSSR count). The molecule has 0 bridgehead atoms. The summed E-state index contributed by atoms with van der Waals surface area (Å²) in [5.74, 6) is 0.156. The Bertz CT molecular complexity index is 245. The highest BCUT2D eigenvalue weighted by Crippen LogP contribution is 2.21. The maximum absolute atomic E-state index is 11.5. The first-order valence-corrected chi connectivity index (χ1v) is 5.25. The lowest BCUT2D eigenvalue weighted by Gasteiger charge is -2.16. The largest absolute Gasteiger partial charge is 0.481 e. The molecule has 1 fully saturated rings. The molecule has 0 spiro atoms. The van der Waals surface area contributed by atoms with Crippen LogP contribution in [0.4, 0.5) is 4.79 Å². The van der Waals surface area contributed by atoms with Crippen LogP contribution in [0.2, 0.25) is 0 Å². The van der Waals surface area contributed by atoms with Crippen LogP contribution in [0.3, 0.4) is 0 Å². The number of likely N-dealkylation sites (tertiary alicyclic amines) is 1. The summed E-state index contributed by atoms with van der Waals surface area (Å²) < 4.78 is 0. The number of carboxylic acid groups (broad SMARTS) is 1. The highest BCUT2D eigenvalue weighted by Gasteiger charge is 2.28. The molecule has 5 nitrogen and oxygen atoms in total. The number of urea groups is 1. The summed E-state index contributed by atoms with van der Waals surface area (Å²) in [4.78, 5) is 23.5. The van der Waals surface area contributed by atoms with Crippen molar-refractivity contribution in [3.05, 3.63) is 0 Å². The normalized spacial score (nSPS) is 25.3. The van der Waals surface area contributed by atoms with Gasteiger partial charge in [-0.25, -0.2) is 4.79 Å². The lowest BCUT2D eigenvalue weighted by atomic mass is 10.0. The second-order valence-electron chi connectivity index (χ2n) is 4.24. The number of carbonyl (C=O) groups excluding carboxylic acids is 1. The first-order valence-electron chi connectivity index (χ1n) is 5.25. The Hall–Kier alpha value is -1.26. The van der Waals surface area contributed by atoms with Crippen LogP contribution in [0.15, 0.2) is 0 Å². The van der Waals surface area contributed by atoms with Gasteiger partial charge in [0, 0.05) is 19.6 Å². The van der Waals surface area contributed by atoms with E-state index in [1.807, 2.05) is 0 Å². The third-order valence-electron chi connectivity index (χ3n) is 2.89. The predicted octanol–water partition coefficient (Wildman–Crippen LogP) is 0.758. The van der Waals surface area contributed by atoms with E-state index in [0.29, 0.717) is 11.8 Å². The third-order valence-corrected chi connectivity index (χ3v) is 2.89. The number of nitrogens with one attached hydrogen (secondary N) is 1. The maximum Gasteiger partial charge on any atom is 0.317 e. The van der Waals surface area contributed by atoms with Gasteiger partial charge in [-0.3, -0.25) is 4.79 Å². The molecule has 1 aliphatic heterocycles. The van der Waals surface area contributed by atoms with E-state index in [1.165, 1.54) is 0 Å². The summed E-state index contributed by atoms with van der Waals surface area (Å²) >= 11 is 0. The average molecular weight is 214 g/mol. The number of hydrogen-bond acceptors (Lipinski definition) is 2. The summed E-state index contributed by atoms with van der Waals surface area (Å²) in [6.45, 7) is 5.97. The van der Waals surface area contributed by atoms with Crippen molar-refractivity contribution in [2.75, 3.05) is 19.6 Å². The van der Waals surface area contributed by atoms with Gasteiger partial charge in [0.05, 0.1) is 6.42 Å². The average Bonchev–Trinajstić information content (AvgIpc) is 2.46. The molecule has 15 heavy (non-hydrogen) atoms. The van der Waals surface area contributed by atoms with E-state index in [4.69, 9.17) is 5.11 Å². The summed E-state index contributed by atoms with van der Waals surface area (Å²) in [5.41, 5.74) is 0. The molecule has 0 aromatic heterocycles. The molecule has 0 aliphatic carbocycles. The van der Waals surface area contributed by atoms with Gasteiger partial charge in [0.1, 0.15) is 0 Å². The Morgan fingerprint density at radius 3 is 2.33 bits per heavy atom. The molecule has 2 atom stereocenters. The van der Waals surface area contributed by atoms with E-state index < -0.39 is 5.97 Å². The zero-order valence-corrected chi connectivity index (χ0v) is 9.19. The van der Waals surface area contributed by atoms with Crippen molar-refractivity contribution < 1.29 is 14.7 Å². The molecule has 86 valence electrons. The standard InChI is InChI=1S/C10H18N2O3/c1-7-5-12(6-8(7)2)10(15)11-4-3-9(13)14/h7-8H,3-6H2,1-2H3,(H,11,15)(H,13,14). The zero-order chi connectivity index (χ0) is 11.4. The number of carbonyl (C=O) groups is 2. The van der Waals surface area contributed by atoms with Gasteiger partial charge in [-0.2, -0.15) is 0 Å². The van der Waals surface area contributed by atoms with E-state index in [-0.39, 0.29) is 19.0 Å². The Balaban J connectivity index is 2.26. The quantitative estimate of drug-likeness (QED) is 0.728. The molecular weight excluding hydrogens is 196 g/mol. The SMILES string of the molecule is CC1CN(C(=O)NCCC(=O)O)CC1C. The Kier molecular flexibility index (Phi) is 3.94. The first kappa shape index (κ1) is 11.8. The Morgan fingerprint density at radius 2 is 1.87 bits per heavy atom. The zero-order valence-electron chi connectivity index (χ0n) is 9.19.